The van der Waals surface area contributed by atoms with Crippen molar-refractivity contribution in [3.63, 3.8) is 0 Å². The molecule has 0 spiro atoms. The molecule has 36 heavy (non-hydrogen) atoms. The summed E-state index contributed by atoms with van der Waals surface area (Å²) in [5, 5.41) is 2.86. The number of nitrogens with zero attached hydrogens (tertiary/aromatic N) is 2. The van der Waals surface area contributed by atoms with E-state index in [1.54, 1.807) is 11.0 Å². The van der Waals surface area contributed by atoms with Gasteiger partial charge in [0.2, 0.25) is 11.8 Å². The summed E-state index contributed by atoms with van der Waals surface area (Å²) in [5.74, 6) is -0.364. The first-order valence-corrected chi connectivity index (χ1v) is 12.4. The van der Waals surface area contributed by atoms with Crippen LogP contribution in [0.25, 0.3) is 11.1 Å². The Labute approximate surface area is 208 Å². The molecule has 2 aromatic rings. The zero-order valence-electron chi connectivity index (χ0n) is 19.9. The average molecular weight is 498 g/mol. The summed E-state index contributed by atoms with van der Waals surface area (Å²) in [6.07, 6.45) is 0.673. The van der Waals surface area contributed by atoms with Gasteiger partial charge in [0.25, 0.3) is 0 Å². The number of ether oxygens (including phenoxy) is 1. The first-order valence-electron chi connectivity index (χ1n) is 12.4. The molecule has 0 aromatic heterocycles. The second-order valence-electron chi connectivity index (χ2n) is 9.68. The van der Waals surface area contributed by atoms with E-state index in [1.165, 1.54) is 0 Å². The van der Waals surface area contributed by atoms with Crippen LogP contribution in [0.15, 0.2) is 42.5 Å². The SMILES string of the molecule is O=C(NCc1ccc(-c2ccc(C3CC3)c(F)c2)cc1)C1CC(F)CN1CCOC(=O)N1CCC1=O. The van der Waals surface area contributed by atoms with Gasteiger partial charge in [0.1, 0.15) is 18.6 Å². The second kappa shape index (κ2) is 10.3. The molecule has 1 saturated carbocycles. The predicted octanol–water partition coefficient (Wildman–Crippen LogP) is 3.77. The maximum atomic E-state index is 14.4. The molecule has 9 heteroatoms. The fourth-order valence-corrected chi connectivity index (χ4v) is 4.76. The molecule has 7 nitrogen and oxygen atoms in total. The largest absolute Gasteiger partial charge is 0.448 e. The van der Waals surface area contributed by atoms with Gasteiger partial charge in [-0.15, -0.1) is 0 Å². The van der Waals surface area contributed by atoms with Crippen molar-refractivity contribution in [1.29, 1.82) is 0 Å². The molecule has 2 aliphatic heterocycles. The van der Waals surface area contributed by atoms with Crippen LogP contribution >= 0.6 is 0 Å². The number of halogens is 2. The van der Waals surface area contributed by atoms with E-state index in [9.17, 15) is 23.2 Å². The number of likely N-dealkylation sites (tertiary alicyclic amines) is 2. The van der Waals surface area contributed by atoms with Crippen LogP contribution in [0.1, 0.15) is 42.7 Å². The van der Waals surface area contributed by atoms with E-state index in [0.717, 1.165) is 40.0 Å². The molecule has 2 saturated heterocycles. The van der Waals surface area contributed by atoms with Crippen LogP contribution in [-0.4, -0.2) is 66.2 Å². The van der Waals surface area contributed by atoms with E-state index in [0.29, 0.717) is 18.9 Å². The van der Waals surface area contributed by atoms with Gasteiger partial charge in [-0.2, -0.15) is 0 Å². The number of nitrogens with one attached hydrogen (secondary N) is 1. The topological polar surface area (TPSA) is 79.0 Å². The number of hydrogen-bond acceptors (Lipinski definition) is 5. The summed E-state index contributed by atoms with van der Waals surface area (Å²) >= 11 is 0. The Hall–Kier alpha value is -3.33. The lowest BCUT2D eigenvalue weighted by Crippen LogP contribution is -2.48. The van der Waals surface area contributed by atoms with Crippen LogP contribution in [-0.2, 0) is 20.9 Å². The van der Waals surface area contributed by atoms with Crippen LogP contribution in [0, 0.1) is 5.82 Å². The van der Waals surface area contributed by atoms with Gasteiger partial charge in [-0.3, -0.25) is 14.5 Å². The fraction of sp³-hybridized carbons (Fsp3) is 0.444. The summed E-state index contributed by atoms with van der Waals surface area (Å²) < 4.78 is 33.6. The summed E-state index contributed by atoms with van der Waals surface area (Å²) in [6.45, 7) is 0.897. The molecule has 1 N–H and O–H groups in total. The third-order valence-corrected chi connectivity index (χ3v) is 7.10. The standard InChI is InChI=1S/C27H29F2N3O4/c28-21-14-24(31(16-21)11-12-36-27(35)32-10-9-25(32)33)26(34)30-15-17-1-3-18(4-2-17)20-7-8-22(19-5-6-19)23(29)13-20/h1-4,7-8,13,19,21,24H,5-6,9-12,14-16H2,(H,30,34). The Morgan fingerprint density at radius 2 is 1.83 bits per heavy atom. The minimum Gasteiger partial charge on any atom is -0.448 e. The normalized spacial score (nSPS) is 21.8. The third-order valence-electron chi connectivity index (χ3n) is 7.10. The van der Waals surface area contributed by atoms with Crippen LogP contribution in [0.4, 0.5) is 13.6 Å². The van der Waals surface area contributed by atoms with Gasteiger partial charge in [0, 0.05) is 39.0 Å². The molecule has 190 valence electrons. The van der Waals surface area contributed by atoms with Crippen LogP contribution in [0.3, 0.4) is 0 Å². The summed E-state index contributed by atoms with van der Waals surface area (Å²) in [7, 11) is 0. The molecular weight excluding hydrogens is 468 g/mol. The lowest BCUT2D eigenvalue weighted by molar-refractivity contribution is -0.137. The van der Waals surface area contributed by atoms with Crippen molar-refractivity contribution in [1.82, 2.24) is 15.1 Å². The Kier molecular flexibility index (Phi) is 7.00. The highest BCUT2D eigenvalue weighted by molar-refractivity contribution is 5.96. The van der Waals surface area contributed by atoms with Crippen LogP contribution < -0.4 is 5.32 Å². The third kappa shape index (κ3) is 5.41. The number of benzene rings is 2. The van der Waals surface area contributed by atoms with Crippen molar-refractivity contribution >= 4 is 17.9 Å². The number of amides is 3. The monoisotopic (exact) mass is 497 g/mol. The first-order chi connectivity index (χ1) is 17.4. The fourth-order valence-electron chi connectivity index (χ4n) is 4.76. The maximum absolute atomic E-state index is 14.4. The van der Waals surface area contributed by atoms with Crippen molar-refractivity contribution in [3.05, 3.63) is 59.4 Å². The van der Waals surface area contributed by atoms with Gasteiger partial charge < -0.3 is 10.1 Å². The van der Waals surface area contributed by atoms with Crippen molar-refractivity contribution < 1.29 is 27.9 Å². The minimum atomic E-state index is -1.14. The number of hydrogen-bond donors (Lipinski definition) is 1. The van der Waals surface area contributed by atoms with Crippen molar-refractivity contribution in [3.8, 4) is 11.1 Å². The molecule has 2 atom stereocenters. The number of alkyl halides is 1. The Morgan fingerprint density at radius 1 is 1.08 bits per heavy atom. The van der Waals surface area contributed by atoms with Gasteiger partial charge in [0.15, 0.2) is 0 Å². The van der Waals surface area contributed by atoms with E-state index in [4.69, 9.17) is 4.74 Å². The molecule has 3 aliphatic rings. The molecule has 2 unspecified atom stereocenters. The Bertz CT molecular complexity index is 1150. The van der Waals surface area contributed by atoms with E-state index < -0.39 is 18.3 Å². The number of imide groups is 1. The van der Waals surface area contributed by atoms with Gasteiger partial charge in [-0.25, -0.2) is 18.5 Å². The van der Waals surface area contributed by atoms with Crippen molar-refractivity contribution in [2.75, 3.05) is 26.2 Å². The molecule has 5 rings (SSSR count). The Balaban J connectivity index is 1.11. The molecule has 3 amide bonds. The molecule has 1 aliphatic carbocycles. The minimum absolute atomic E-state index is 0.0250. The molecule has 3 fully saturated rings. The van der Waals surface area contributed by atoms with E-state index in [-0.39, 0.29) is 50.3 Å². The Morgan fingerprint density at radius 3 is 2.47 bits per heavy atom. The highest BCUT2D eigenvalue weighted by Crippen LogP contribution is 2.42. The van der Waals surface area contributed by atoms with E-state index >= 15 is 0 Å². The number of rotatable bonds is 8. The van der Waals surface area contributed by atoms with Crippen molar-refractivity contribution in [2.45, 2.75) is 50.4 Å². The first kappa shape index (κ1) is 24.4. The zero-order valence-corrected chi connectivity index (χ0v) is 19.9. The smallest absolute Gasteiger partial charge is 0.416 e. The summed E-state index contributed by atoms with van der Waals surface area (Å²) in [6, 6.07) is 12.3. The highest BCUT2D eigenvalue weighted by atomic mass is 19.1. The molecule has 0 bridgehead atoms. The maximum Gasteiger partial charge on any atom is 0.416 e. The lowest BCUT2D eigenvalue weighted by Gasteiger charge is -2.28. The van der Waals surface area contributed by atoms with Crippen molar-refractivity contribution in [2.24, 2.45) is 0 Å². The number of β-lactam (4-membered cyclic amide) rings is 1. The van der Waals surface area contributed by atoms with Gasteiger partial charge >= 0.3 is 6.09 Å². The molecule has 2 aromatic carbocycles. The van der Waals surface area contributed by atoms with Crippen LogP contribution in [0.2, 0.25) is 0 Å². The van der Waals surface area contributed by atoms with Gasteiger partial charge in [0.05, 0.1) is 6.04 Å². The summed E-state index contributed by atoms with van der Waals surface area (Å²) in [4.78, 5) is 38.6. The zero-order chi connectivity index (χ0) is 25.2. The highest BCUT2D eigenvalue weighted by Gasteiger charge is 2.37. The molecular formula is C27H29F2N3O4. The second-order valence-corrected chi connectivity index (χ2v) is 9.68. The predicted molar refractivity (Wildman–Crippen MR) is 128 cm³/mol. The number of carbonyl (C=O) groups excluding carboxylic acids is 3. The van der Waals surface area contributed by atoms with E-state index in [1.807, 2.05) is 36.4 Å². The quantitative estimate of drug-likeness (QED) is 0.562. The summed E-state index contributed by atoms with van der Waals surface area (Å²) in [5.41, 5.74) is 3.36. The average Bonchev–Trinajstić information content (AvgIpc) is 3.63. The van der Waals surface area contributed by atoms with E-state index in [2.05, 4.69) is 5.32 Å². The van der Waals surface area contributed by atoms with Gasteiger partial charge in [-0.1, -0.05) is 36.4 Å². The van der Waals surface area contributed by atoms with Gasteiger partial charge in [-0.05, 0) is 47.1 Å². The molecule has 2 heterocycles. The lowest BCUT2D eigenvalue weighted by atomic mass is 10.0. The van der Waals surface area contributed by atoms with Crippen LogP contribution in [0.5, 0.6) is 0 Å². The molecule has 0 radical (unpaired) electrons. The number of carbonyl (C=O) groups is 3.